The lowest BCUT2D eigenvalue weighted by Crippen LogP contribution is -2.24. The van der Waals surface area contributed by atoms with Gasteiger partial charge in [0, 0.05) is 6.42 Å². The summed E-state index contributed by atoms with van der Waals surface area (Å²) in [7, 11) is 0. The number of carbonyl (C=O) groups is 2. The van der Waals surface area contributed by atoms with Gasteiger partial charge in [0.25, 0.3) is 0 Å². The SMILES string of the molecule is CCOC(=O)CCC(=O)NCC#Cc1ccccc1F. The van der Waals surface area contributed by atoms with Gasteiger partial charge >= 0.3 is 5.97 Å². The van der Waals surface area contributed by atoms with E-state index in [1.807, 2.05) is 0 Å². The van der Waals surface area contributed by atoms with Crippen LogP contribution in [0.2, 0.25) is 0 Å². The van der Waals surface area contributed by atoms with Crippen LogP contribution in [-0.2, 0) is 14.3 Å². The van der Waals surface area contributed by atoms with Gasteiger partial charge in [-0.25, -0.2) is 4.39 Å². The zero-order valence-electron chi connectivity index (χ0n) is 11.2. The van der Waals surface area contributed by atoms with E-state index in [4.69, 9.17) is 4.74 Å². The van der Waals surface area contributed by atoms with Gasteiger partial charge in [0.2, 0.25) is 5.91 Å². The van der Waals surface area contributed by atoms with E-state index in [0.29, 0.717) is 6.61 Å². The highest BCUT2D eigenvalue weighted by atomic mass is 19.1. The molecule has 1 N–H and O–H groups in total. The molecule has 20 heavy (non-hydrogen) atoms. The molecule has 0 spiro atoms. The number of rotatable bonds is 5. The predicted molar refractivity (Wildman–Crippen MR) is 72.2 cm³/mol. The number of carbonyl (C=O) groups excluding carboxylic acids is 2. The normalized spacial score (nSPS) is 9.30. The first-order valence-corrected chi connectivity index (χ1v) is 6.29. The molecule has 0 saturated carbocycles. The van der Waals surface area contributed by atoms with Gasteiger partial charge in [-0.05, 0) is 19.1 Å². The molecular weight excluding hydrogens is 261 g/mol. The molecule has 0 radical (unpaired) electrons. The van der Waals surface area contributed by atoms with Crippen LogP contribution in [0.3, 0.4) is 0 Å². The van der Waals surface area contributed by atoms with Gasteiger partial charge in [-0.15, -0.1) is 0 Å². The van der Waals surface area contributed by atoms with E-state index in [-0.39, 0.29) is 30.9 Å². The number of esters is 1. The Labute approximate surface area is 117 Å². The van der Waals surface area contributed by atoms with Crippen molar-refractivity contribution in [2.45, 2.75) is 19.8 Å². The van der Waals surface area contributed by atoms with Crippen molar-refractivity contribution in [1.82, 2.24) is 5.32 Å². The quantitative estimate of drug-likeness (QED) is 0.657. The summed E-state index contributed by atoms with van der Waals surface area (Å²) in [5, 5.41) is 2.53. The summed E-state index contributed by atoms with van der Waals surface area (Å²) < 4.78 is 17.9. The molecule has 1 amide bonds. The molecule has 0 aliphatic rings. The first kappa shape index (κ1) is 15.7. The molecule has 0 unspecified atom stereocenters. The lowest BCUT2D eigenvalue weighted by molar-refractivity contribution is -0.144. The fraction of sp³-hybridized carbons (Fsp3) is 0.333. The van der Waals surface area contributed by atoms with Gasteiger partial charge in [-0.1, -0.05) is 24.0 Å². The maximum Gasteiger partial charge on any atom is 0.306 e. The number of hydrogen-bond donors (Lipinski definition) is 1. The van der Waals surface area contributed by atoms with Gasteiger partial charge in [0.1, 0.15) is 5.82 Å². The molecule has 0 saturated heterocycles. The highest BCUT2D eigenvalue weighted by molar-refractivity contribution is 5.81. The van der Waals surface area contributed by atoms with E-state index >= 15 is 0 Å². The zero-order chi connectivity index (χ0) is 14.8. The molecule has 0 heterocycles. The number of ether oxygens (including phenoxy) is 1. The topological polar surface area (TPSA) is 55.4 Å². The standard InChI is InChI=1S/C15H16FNO3/c1-2-20-15(19)10-9-14(18)17-11-5-7-12-6-3-4-8-13(12)16/h3-4,6,8H,2,9-11H2,1H3,(H,17,18). The van der Waals surface area contributed by atoms with Crippen molar-refractivity contribution in [2.24, 2.45) is 0 Å². The van der Waals surface area contributed by atoms with Crippen molar-refractivity contribution >= 4 is 11.9 Å². The Morgan fingerprint density at radius 1 is 1.30 bits per heavy atom. The van der Waals surface area contributed by atoms with E-state index in [1.165, 1.54) is 6.07 Å². The van der Waals surface area contributed by atoms with Gasteiger partial charge in [-0.3, -0.25) is 9.59 Å². The van der Waals surface area contributed by atoms with E-state index in [1.54, 1.807) is 25.1 Å². The van der Waals surface area contributed by atoms with Crippen molar-refractivity contribution in [3.05, 3.63) is 35.6 Å². The Kier molecular flexibility index (Phi) is 6.83. The monoisotopic (exact) mass is 277 g/mol. The highest BCUT2D eigenvalue weighted by Crippen LogP contribution is 2.03. The molecule has 1 aromatic carbocycles. The summed E-state index contributed by atoms with van der Waals surface area (Å²) in [6.45, 7) is 2.11. The van der Waals surface area contributed by atoms with Crippen molar-refractivity contribution in [3.63, 3.8) is 0 Å². The molecule has 106 valence electrons. The average Bonchev–Trinajstić information content (AvgIpc) is 2.43. The number of amides is 1. The van der Waals surface area contributed by atoms with E-state index < -0.39 is 11.8 Å². The number of nitrogens with one attached hydrogen (secondary N) is 1. The lowest BCUT2D eigenvalue weighted by Gasteiger charge is -2.01. The summed E-state index contributed by atoms with van der Waals surface area (Å²) in [6.07, 6.45) is 0.0978. The zero-order valence-corrected chi connectivity index (χ0v) is 11.2. The Balaban J connectivity index is 2.29. The number of halogens is 1. The molecule has 1 rings (SSSR count). The van der Waals surface area contributed by atoms with Crippen LogP contribution in [-0.4, -0.2) is 25.0 Å². The fourth-order valence-electron chi connectivity index (χ4n) is 1.38. The van der Waals surface area contributed by atoms with Crippen molar-refractivity contribution in [3.8, 4) is 11.8 Å². The molecule has 0 atom stereocenters. The Bertz CT molecular complexity index is 531. The second kappa shape index (κ2) is 8.70. The Morgan fingerprint density at radius 3 is 2.75 bits per heavy atom. The molecular formula is C15H16FNO3. The van der Waals surface area contributed by atoms with E-state index in [2.05, 4.69) is 17.2 Å². The van der Waals surface area contributed by atoms with Crippen molar-refractivity contribution < 1.29 is 18.7 Å². The van der Waals surface area contributed by atoms with E-state index in [9.17, 15) is 14.0 Å². The van der Waals surface area contributed by atoms with Gasteiger partial charge in [-0.2, -0.15) is 0 Å². The first-order chi connectivity index (χ1) is 9.63. The molecule has 4 nitrogen and oxygen atoms in total. The third-order valence-electron chi connectivity index (χ3n) is 2.33. The molecule has 0 bridgehead atoms. The van der Waals surface area contributed by atoms with Gasteiger partial charge < -0.3 is 10.1 Å². The van der Waals surface area contributed by atoms with Crippen molar-refractivity contribution in [1.29, 1.82) is 0 Å². The summed E-state index contributed by atoms with van der Waals surface area (Å²) in [6, 6.07) is 6.15. The number of benzene rings is 1. The second-order valence-electron chi connectivity index (χ2n) is 3.86. The molecule has 5 heteroatoms. The largest absolute Gasteiger partial charge is 0.466 e. The maximum atomic E-state index is 13.2. The van der Waals surface area contributed by atoms with Gasteiger partial charge in [0.05, 0.1) is 25.1 Å². The summed E-state index contributed by atoms with van der Waals surface area (Å²) in [5.74, 6) is 4.18. The summed E-state index contributed by atoms with van der Waals surface area (Å²) >= 11 is 0. The lowest BCUT2D eigenvalue weighted by atomic mass is 10.2. The predicted octanol–water partition coefficient (Wildman–Crippen LogP) is 1.64. The van der Waals surface area contributed by atoms with Crippen LogP contribution in [0.4, 0.5) is 4.39 Å². The molecule has 0 aromatic heterocycles. The Morgan fingerprint density at radius 2 is 2.05 bits per heavy atom. The molecule has 0 aliphatic carbocycles. The molecule has 1 aromatic rings. The van der Waals surface area contributed by atoms with Crippen molar-refractivity contribution in [2.75, 3.05) is 13.2 Å². The van der Waals surface area contributed by atoms with Gasteiger partial charge in [0.15, 0.2) is 0 Å². The number of hydrogen-bond acceptors (Lipinski definition) is 3. The fourth-order valence-corrected chi connectivity index (χ4v) is 1.38. The highest BCUT2D eigenvalue weighted by Gasteiger charge is 2.06. The minimum atomic E-state index is -0.403. The van der Waals surface area contributed by atoms with Crippen LogP contribution in [0.15, 0.2) is 24.3 Å². The minimum Gasteiger partial charge on any atom is -0.466 e. The molecule has 0 fully saturated rings. The van der Waals surface area contributed by atoms with Crippen LogP contribution in [0, 0.1) is 17.7 Å². The van der Waals surface area contributed by atoms with Crippen LogP contribution in [0.25, 0.3) is 0 Å². The second-order valence-corrected chi connectivity index (χ2v) is 3.86. The van der Waals surface area contributed by atoms with E-state index in [0.717, 1.165) is 0 Å². The molecule has 0 aliphatic heterocycles. The Hall–Kier alpha value is -2.35. The van der Waals surface area contributed by atoms with Crippen LogP contribution in [0.1, 0.15) is 25.3 Å². The minimum absolute atomic E-state index is 0.0421. The third-order valence-corrected chi connectivity index (χ3v) is 2.33. The third kappa shape index (κ3) is 6.01. The smallest absolute Gasteiger partial charge is 0.306 e. The summed E-state index contributed by atoms with van der Waals surface area (Å²) in [4.78, 5) is 22.4. The first-order valence-electron chi connectivity index (χ1n) is 6.29. The van der Waals surface area contributed by atoms with Crippen LogP contribution in [0.5, 0.6) is 0 Å². The maximum absolute atomic E-state index is 13.2. The summed E-state index contributed by atoms with van der Waals surface area (Å²) in [5.41, 5.74) is 0.285. The average molecular weight is 277 g/mol. The van der Waals surface area contributed by atoms with Crippen LogP contribution >= 0.6 is 0 Å². The van der Waals surface area contributed by atoms with Crippen LogP contribution < -0.4 is 5.32 Å².